The van der Waals surface area contributed by atoms with E-state index in [1.165, 1.54) is 31.3 Å². The number of methoxy groups -OCH3 is 1. The van der Waals surface area contributed by atoms with Crippen molar-refractivity contribution in [3.05, 3.63) is 10.6 Å². The molecule has 114 valence electrons. The van der Waals surface area contributed by atoms with Gasteiger partial charge in [-0.25, -0.2) is 9.78 Å². The van der Waals surface area contributed by atoms with Gasteiger partial charge in [0.05, 0.1) is 19.3 Å². The highest BCUT2D eigenvalue weighted by Gasteiger charge is 2.30. The van der Waals surface area contributed by atoms with Crippen LogP contribution in [0.15, 0.2) is 0 Å². The van der Waals surface area contributed by atoms with Gasteiger partial charge in [0.15, 0.2) is 5.13 Å². The molecule has 2 aliphatic rings. The summed E-state index contributed by atoms with van der Waals surface area (Å²) in [5.41, 5.74) is 0.988. The largest absolute Gasteiger partial charge is 0.453 e. The minimum absolute atomic E-state index is 0.215. The quantitative estimate of drug-likeness (QED) is 0.910. The van der Waals surface area contributed by atoms with Gasteiger partial charge in [0.1, 0.15) is 0 Å². The summed E-state index contributed by atoms with van der Waals surface area (Å²) < 4.78 is 4.57. The first-order valence-corrected chi connectivity index (χ1v) is 8.11. The van der Waals surface area contributed by atoms with Crippen molar-refractivity contribution in [3.63, 3.8) is 0 Å². The van der Waals surface area contributed by atoms with Crippen LogP contribution in [0.5, 0.6) is 0 Å². The zero-order valence-corrected chi connectivity index (χ0v) is 12.9. The van der Waals surface area contributed by atoms with Crippen LogP contribution in [0.4, 0.5) is 9.93 Å². The average Bonchev–Trinajstić information content (AvgIpc) is 3.14. The predicted octanol–water partition coefficient (Wildman–Crippen LogP) is 2.40. The van der Waals surface area contributed by atoms with Crippen LogP contribution in [0.25, 0.3) is 0 Å². The van der Waals surface area contributed by atoms with Crippen molar-refractivity contribution >= 4 is 28.5 Å². The van der Waals surface area contributed by atoms with E-state index in [9.17, 15) is 9.59 Å². The topological polar surface area (TPSA) is 71.5 Å². The van der Waals surface area contributed by atoms with Crippen LogP contribution in [0.1, 0.15) is 36.3 Å². The molecule has 3 rings (SSSR count). The van der Waals surface area contributed by atoms with Crippen molar-refractivity contribution in [2.24, 2.45) is 5.92 Å². The normalized spacial score (nSPS) is 18.4. The molecule has 0 saturated heterocycles. The first kappa shape index (κ1) is 14.3. The molecule has 1 aliphatic carbocycles. The summed E-state index contributed by atoms with van der Waals surface area (Å²) >= 11 is 1.43. The number of thiazole rings is 1. The number of nitrogens with zero attached hydrogens (tertiary/aromatic N) is 2. The summed E-state index contributed by atoms with van der Waals surface area (Å²) in [5.74, 6) is 0.501. The zero-order chi connectivity index (χ0) is 14.8. The van der Waals surface area contributed by atoms with Crippen LogP contribution in [-0.2, 0) is 22.5 Å². The molecule has 1 aromatic rings. The Morgan fingerprint density at radius 2 is 2.14 bits per heavy atom. The molecule has 1 aliphatic heterocycles. The molecule has 21 heavy (non-hydrogen) atoms. The lowest BCUT2D eigenvalue weighted by Gasteiger charge is -2.28. The molecule has 1 fully saturated rings. The molecule has 0 radical (unpaired) electrons. The first-order valence-electron chi connectivity index (χ1n) is 7.29. The van der Waals surface area contributed by atoms with E-state index in [1.54, 1.807) is 0 Å². The number of hydrogen-bond donors (Lipinski definition) is 1. The van der Waals surface area contributed by atoms with Gasteiger partial charge in [-0.1, -0.05) is 24.2 Å². The zero-order valence-electron chi connectivity index (χ0n) is 12.1. The van der Waals surface area contributed by atoms with Crippen molar-refractivity contribution in [2.45, 2.75) is 38.6 Å². The second kappa shape index (κ2) is 6.01. The van der Waals surface area contributed by atoms with Gasteiger partial charge < -0.3 is 9.64 Å². The maximum Gasteiger partial charge on any atom is 0.413 e. The second-order valence-electron chi connectivity index (χ2n) is 5.50. The third-order valence-electron chi connectivity index (χ3n) is 4.14. The van der Waals surface area contributed by atoms with Gasteiger partial charge >= 0.3 is 6.09 Å². The number of hydrogen-bond acceptors (Lipinski definition) is 5. The van der Waals surface area contributed by atoms with E-state index in [0.717, 1.165) is 36.4 Å². The molecule has 0 bridgehead atoms. The van der Waals surface area contributed by atoms with Gasteiger partial charge in [0, 0.05) is 23.8 Å². The molecule has 0 spiro atoms. The summed E-state index contributed by atoms with van der Waals surface area (Å²) in [6, 6.07) is 0. The molecule has 0 atom stereocenters. The maximum atomic E-state index is 12.5. The molecule has 0 unspecified atom stereocenters. The van der Waals surface area contributed by atoms with E-state index in [-0.39, 0.29) is 11.8 Å². The third-order valence-corrected chi connectivity index (χ3v) is 5.14. The van der Waals surface area contributed by atoms with Crippen LogP contribution in [0, 0.1) is 5.92 Å². The number of amides is 2. The number of ether oxygens (including phenoxy) is 1. The summed E-state index contributed by atoms with van der Waals surface area (Å²) in [7, 11) is 1.32. The van der Waals surface area contributed by atoms with E-state index in [4.69, 9.17) is 0 Å². The van der Waals surface area contributed by atoms with Gasteiger partial charge in [0.25, 0.3) is 0 Å². The van der Waals surface area contributed by atoms with Gasteiger partial charge in [-0.3, -0.25) is 10.1 Å². The first-order chi connectivity index (χ1) is 10.2. The van der Waals surface area contributed by atoms with Crippen molar-refractivity contribution in [2.75, 3.05) is 19.0 Å². The highest BCUT2D eigenvalue weighted by Crippen LogP contribution is 2.32. The Morgan fingerprint density at radius 3 is 2.86 bits per heavy atom. The summed E-state index contributed by atoms with van der Waals surface area (Å²) in [6.45, 7) is 1.34. The Hall–Kier alpha value is -1.63. The highest BCUT2D eigenvalue weighted by molar-refractivity contribution is 7.15. The number of anilines is 1. The molecule has 1 aromatic heterocycles. The Morgan fingerprint density at radius 1 is 1.38 bits per heavy atom. The maximum absolute atomic E-state index is 12.5. The molecule has 1 saturated carbocycles. The highest BCUT2D eigenvalue weighted by atomic mass is 32.1. The fraction of sp³-hybridized carbons (Fsp3) is 0.643. The average molecular weight is 309 g/mol. The smallest absolute Gasteiger partial charge is 0.413 e. The van der Waals surface area contributed by atoms with Crippen LogP contribution in [0.3, 0.4) is 0 Å². The minimum atomic E-state index is -0.514. The Bertz CT molecular complexity index is 552. The van der Waals surface area contributed by atoms with Crippen LogP contribution >= 0.6 is 11.3 Å². The second-order valence-corrected chi connectivity index (χ2v) is 6.58. The molecule has 0 aromatic carbocycles. The van der Waals surface area contributed by atoms with Crippen molar-refractivity contribution in [3.8, 4) is 0 Å². The summed E-state index contributed by atoms with van der Waals surface area (Å²) in [5, 5.41) is 3.13. The predicted molar refractivity (Wildman–Crippen MR) is 79.2 cm³/mol. The Balaban J connectivity index is 1.67. The number of carbonyl (C=O) groups excluding carboxylic acids is 2. The lowest BCUT2D eigenvalue weighted by Crippen LogP contribution is -2.38. The SMILES string of the molecule is COC(=O)Nc1nc2c(s1)CN(C(=O)C1CCCC1)CC2. The summed E-state index contributed by atoms with van der Waals surface area (Å²) in [4.78, 5) is 31.1. The van der Waals surface area contributed by atoms with Gasteiger partial charge in [-0.05, 0) is 12.8 Å². The molecule has 2 amide bonds. The minimum Gasteiger partial charge on any atom is -0.453 e. The van der Waals surface area contributed by atoms with E-state index in [0.29, 0.717) is 11.7 Å². The Kier molecular flexibility index (Phi) is 4.10. The third kappa shape index (κ3) is 3.02. The standard InChI is InChI=1S/C14H19N3O3S/c1-20-14(19)16-13-15-10-6-7-17(8-11(10)21-13)12(18)9-4-2-3-5-9/h9H,2-8H2,1H3,(H,15,16,19). The van der Waals surface area contributed by atoms with Crippen molar-refractivity contribution in [1.29, 1.82) is 0 Å². The van der Waals surface area contributed by atoms with E-state index in [1.807, 2.05) is 4.90 Å². The van der Waals surface area contributed by atoms with Crippen molar-refractivity contribution < 1.29 is 14.3 Å². The molecule has 1 N–H and O–H groups in total. The van der Waals surface area contributed by atoms with Gasteiger partial charge in [-0.2, -0.15) is 0 Å². The lowest BCUT2D eigenvalue weighted by molar-refractivity contribution is -0.136. The van der Waals surface area contributed by atoms with Crippen molar-refractivity contribution in [1.82, 2.24) is 9.88 Å². The van der Waals surface area contributed by atoms with E-state index < -0.39 is 6.09 Å². The number of fused-ring (bicyclic) bond motifs is 1. The summed E-state index contributed by atoms with van der Waals surface area (Å²) in [6.07, 6.45) is 4.64. The molecule has 7 heteroatoms. The lowest BCUT2D eigenvalue weighted by atomic mass is 10.0. The molecular weight excluding hydrogens is 290 g/mol. The van der Waals surface area contributed by atoms with Crippen LogP contribution in [0.2, 0.25) is 0 Å². The van der Waals surface area contributed by atoms with Crippen LogP contribution in [-0.4, -0.2) is 35.5 Å². The monoisotopic (exact) mass is 309 g/mol. The molecular formula is C14H19N3O3S. The number of aromatic nitrogens is 1. The number of carbonyl (C=O) groups is 2. The molecule has 6 nitrogen and oxygen atoms in total. The van der Waals surface area contributed by atoms with Gasteiger partial charge in [0.2, 0.25) is 5.91 Å². The fourth-order valence-electron chi connectivity index (χ4n) is 3.01. The van der Waals surface area contributed by atoms with E-state index >= 15 is 0 Å². The number of rotatable bonds is 2. The van der Waals surface area contributed by atoms with Gasteiger partial charge in [-0.15, -0.1) is 0 Å². The van der Waals surface area contributed by atoms with Crippen LogP contribution < -0.4 is 5.32 Å². The number of nitrogens with one attached hydrogen (secondary N) is 1. The Labute approximate surface area is 127 Å². The molecule has 2 heterocycles. The van der Waals surface area contributed by atoms with E-state index in [2.05, 4.69) is 15.0 Å². The fourth-order valence-corrected chi connectivity index (χ4v) is 4.02.